The third-order valence-corrected chi connectivity index (χ3v) is 4.21. The van der Waals surface area contributed by atoms with E-state index in [0.29, 0.717) is 16.7 Å². The molecule has 0 fully saturated rings. The SMILES string of the molecule is CCSc1nnc2c(n1)OC(C)(CC)Nc1ccccc1-2. The van der Waals surface area contributed by atoms with E-state index < -0.39 is 5.72 Å². The van der Waals surface area contributed by atoms with E-state index in [1.807, 2.05) is 31.2 Å². The number of anilines is 1. The quantitative estimate of drug-likeness (QED) is 0.874. The average molecular weight is 302 g/mol. The van der Waals surface area contributed by atoms with E-state index in [-0.39, 0.29) is 0 Å². The molecule has 0 spiro atoms. The zero-order valence-electron chi connectivity index (χ0n) is 12.4. The Morgan fingerprint density at radius 1 is 1.24 bits per heavy atom. The van der Waals surface area contributed by atoms with Gasteiger partial charge in [0.15, 0.2) is 11.4 Å². The number of rotatable bonds is 3. The lowest BCUT2D eigenvalue weighted by Gasteiger charge is -2.29. The molecule has 21 heavy (non-hydrogen) atoms. The Labute approximate surface area is 128 Å². The molecule has 0 amide bonds. The van der Waals surface area contributed by atoms with E-state index in [1.54, 1.807) is 11.8 Å². The van der Waals surface area contributed by atoms with Crippen LogP contribution in [0.2, 0.25) is 0 Å². The minimum Gasteiger partial charge on any atom is -0.450 e. The van der Waals surface area contributed by atoms with Gasteiger partial charge >= 0.3 is 0 Å². The second-order valence-corrected chi connectivity index (χ2v) is 6.27. The van der Waals surface area contributed by atoms with Crippen LogP contribution in [0, 0.1) is 0 Å². The molecule has 6 heteroatoms. The summed E-state index contributed by atoms with van der Waals surface area (Å²) in [5.74, 6) is 1.45. The van der Waals surface area contributed by atoms with Crippen LogP contribution in [0.5, 0.6) is 5.88 Å². The molecule has 1 aliphatic rings. The van der Waals surface area contributed by atoms with Gasteiger partial charge in [0.1, 0.15) is 0 Å². The van der Waals surface area contributed by atoms with Crippen molar-refractivity contribution in [1.29, 1.82) is 0 Å². The first-order valence-corrected chi connectivity index (χ1v) is 8.08. The molecule has 0 saturated heterocycles. The predicted octanol–water partition coefficient (Wildman–Crippen LogP) is 3.58. The van der Waals surface area contributed by atoms with Crippen molar-refractivity contribution in [3.8, 4) is 17.1 Å². The molecule has 0 bridgehead atoms. The summed E-state index contributed by atoms with van der Waals surface area (Å²) in [6.45, 7) is 6.16. The maximum absolute atomic E-state index is 6.13. The van der Waals surface area contributed by atoms with Crippen LogP contribution in [0.1, 0.15) is 27.2 Å². The Morgan fingerprint density at radius 3 is 2.81 bits per heavy atom. The highest BCUT2D eigenvalue weighted by atomic mass is 32.2. The smallest absolute Gasteiger partial charge is 0.247 e. The zero-order valence-corrected chi connectivity index (χ0v) is 13.2. The first-order chi connectivity index (χ1) is 10.1. The van der Waals surface area contributed by atoms with Gasteiger partial charge in [-0.2, -0.15) is 4.98 Å². The first-order valence-electron chi connectivity index (χ1n) is 7.09. The predicted molar refractivity (Wildman–Crippen MR) is 84.6 cm³/mol. The Kier molecular flexibility index (Phi) is 3.71. The van der Waals surface area contributed by atoms with Gasteiger partial charge in [-0.25, -0.2) is 0 Å². The minimum absolute atomic E-state index is 0.508. The Bertz CT molecular complexity index is 664. The molecule has 1 aliphatic heterocycles. The van der Waals surface area contributed by atoms with Crippen LogP contribution in [-0.4, -0.2) is 26.7 Å². The van der Waals surface area contributed by atoms with Crippen molar-refractivity contribution in [2.24, 2.45) is 0 Å². The fourth-order valence-corrected chi connectivity index (χ4v) is 2.72. The molecular formula is C15H18N4OS. The van der Waals surface area contributed by atoms with Crippen LogP contribution in [-0.2, 0) is 0 Å². The molecule has 0 radical (unpaired) electrons. The summed E-state index contributed by atoms with van der Waals surface area (Å²) in [6, 6.07) is 8.01. The molecule has 5 nitrogen and oxygen atoms in total. The number of ether oxygens (including phenoxy) is 1. The molecule has 1 aromatic heterocycles. The fraction of sp³-hybridized carbons (Fsp3) is 0.400. The molecule has 2 heterocycles. The van der Waals surface area contributed by atoms with Gasteiger partial charge in [-0.3, -0.25) is 0 Å². The molecule has 3 rings (SSSR count). The molecule has 0 aliphatic carbocycles. The van der Waals surface area contributed by atoms with Crippen LogP contribution >= 0.6 is 11.8 Å². The van der Waals surface area contributed by atoms with Crippen molar-refractivity contribution in [2.75, 3.05) is 11.1 Å². The fourth-order valence-electron chi connectivity index (χ4n) is 2.21. The van der Waals surface area contributed by atoms with E-state index >= 15 is 0 Å². The van der Waals surface area contributed by atoms with Crippen molar-refractivity contribution in [3.63, 3.8) is 0 Å². The Balaban J connectivity index is 2.16. The Hall–Kier alpha value is -1.82. The summed E-state index contributed by atoms with van der Waals surface area (Å²) in [6.07, 6.45) is 0.807. The molecular weight excluding hydrogens is 284 g/mol. The topological polar surface area (TPSA) is 59.9 Å². The van der Waals surface area contributed by atoms with Crippen LogP contribution in [0.3, 0.4) is 0 Å². The third-order valence-electron chi connectivity index (χ3n) is 3.49. The number of nitrogens with one attached hydrogen (secondary N) is 1. The number of fused-ring (bicyclic) bond motifs is 3. The highest BCUT2D eigenvalue weighted by Gasteiger charge is 2.32. The largest absolute Gasteiger partial charge is 0.450 e. The van der Waals surface area contributed by atoms with E-state index in [4.69, 9.17) is 4.74 Å². The number of aromatic nitrogens is 3. The summed E-state index contributed by atoms with van der Waals surface area (Å²) >= 11 is 1.56. The van der Waals surface area contributed by atoms with Gasteiger partial charge in [0.25, 0.3) is 0 Å². The van der Waals surface area contributed by atoms with Gasteiger partial charge in [-0.05, 0) is 18.7 Å². The Morgan fingerprint density at radius 2 is 2.05 bits per heavy atom. The number of benzene rings is 1. The lowest BCUT2D eigenvalue weighted by molar-refractivity contribution is 0.109. The van der Waals surface area contributed by atoms with Gasteiger partial charge in [0, 0.05) is 17.7 Å². The molecule has 1 unspecified atom stereocenters. The number of hydrogen-bond donors (Lipinski definition) is 1. The summed E-state index contributed by atoms with van der Waals surface area (Å²) in [5.41, 5.74) is 2.15. The van der Waals surface area contributed by atoms with Crippen molar-refractivity contribution in [3.05, 3.63) is 24.3 Å². The van der Waals surface area contributed by atoms with Crippen molar-refractivity contribution in [1.82, 2.24) is 15.2 Å². The van der Waals surface area contributed by atoms with E-state index in [0.717, 1.165) is 23.4 Å². The molecule has 1 atom stereocenters. The maximum atomic E-state index is 6.13. The van der Waals surface area contributed by atoms with Crippen LogP contribution < -0.4 is 10.1 Å². The molecule has 1 aromatic carbocycles. The second kappa shape index (κ2) is 5.52. The number of hydrogen-bond acceptors (Lipinski definition) is 6. The summed E-state index contributed by atoms with van der Waals surface area (Å²) in [4.78, 5) is 4.53. The highest BCUT2D eigenvalue weighted by Crippen LogP contribution is 2.39. The second-order valence-electron chi connectivity index (χ2n) is 5.04. The molecule has 0 saturated carbocycles. The van der Waals surface area contributed by atoms with E-state index in [9.17, 15) is 0 Å². The van der Waals surface area contributed by atoms with Crippen LogP contribution in [0.15, 0.2) is 29.4 Å². The maximum Gasteiger partial charge on any atom is 0.247 e. The number of nitrogens with zero attached hydrogens (tertiary/aromatic N) is 3. The first kappa shape index (κ1) is 14.1. The standard InChI is InChI=1S/C15H18N4OS/c1-4-15(3)17-11-9-7-6-8-10(11)12-13(20-15)16-14(19-18-12)21-5-2/h6-9,17H,4-5H2,1-3H3. The summed E-state index contributed by atoms with van der Waals surface area (Å²) in [5, 5.41) is 12.6. The summed E-state index contributed by atoms with van der Waals surface area (Å²) in [7, 11) is 0. The summed E-state index contributed by atoms with van der Waals surface area (Å²) < 4.78 is 6.13. The van der Waals surface area contributed by atoms with Crippen LogP contribution in [0.4, 0.5) is 5.69 Å². The van der Waals surface area contributed by atoms with Crippen molar-refractivity contribution < 1.29 is 4.74 Å². The molecule has 1 N–H and O–H groups in total. The molecule has 2 aromatic rings. The highest BCUT2D eigenvalue weighted by molar-refractivity contribution is 7.99. The lowest BCUT2D eigenvalue weighted by atomic mass is 10.1. The van der Waals surface area contributed by atoms with E-state index in [2.05, 4.69) is 34.3 Å². The zero-order chi connectivity index (χ0) is 14.9. The van der Waals surface area contributed by atoms with Gasteiger partial charge in [-0.15, -0.1) is 10.2 Å². The van der Waals surface area contributed by atoms with Crippen molar-refractivity contribution >= 4 is 17.4 Å². The van der Waals surface area contributed by atoms with Gasteiger partial charge in [0.2, 0.25) is 11.0 Å². The van der Waals surface area contributed by atoms with Crippen LogP contribution in [0.25, 0.3) is 11.3 Å². The van der Waals surface area contributed by atoms with Gasteiger partial charge < -0.3 is 10.1 Å². The third kappa shape index (κ3) is 2.68. The number of thioether (sulfide) groups is 1. The molecule has 110 valence electrons. The van der Waals surface area contributed by atoms with Crippen molar-refractivity contribution in [2.45, 2.75) is 38.1 Å². The van der Waals surface area contributed by atoms with E-state index in [1.165, 1.54) is 0 Å². The van der Waals surface area contributed by atoms with Gasteiger partial charge in [0.05, 0.1) is 0 Å². The van der Waals surface area contributed by atoms with Gasteiger partial charge in [-0.1, -0.05) is 43.8 Å². The lowest BCUT2D eigenvalue weighted by Crippen LogP contribution is -2.40. The minimum atomic E-state index is -0.508. The monoisotopic (exact) mass is 302 g/mol. The normalized spacial score (nSPS) is 19.8. The average Bonchev–Trinajstić information content (AvgIpc) is 2.61. The number of para-hydroxylation sites is 1.